The summed E-state index contributed by atoms with van der Waals surface area (Å²) in [6, 6.07) is 10.5. The number of nitrogens with zero attached hydrogens (tertiary/aromatic N) is 2. The van der Waals surface area contributed by atoms with Crippen molar-refractivity contribution in [3.05, 3.63) is 88.6 Å². The molecule has 154 valence electrons. The average molecular weight is 417 g/mol. The number of nitrogens with one attached hydrogen (secondary N) is 1. The Bertz CT molecular complexity index is 1090. The summed E-state index contributed by atoms with van der Waals surface area (Å²) in [7, 11) is 0. The molecule has 0 bridgehead atoms. The molecule has 0 saturated carbocycles. The third kappa shape index (κ3) is 3.71. The van der Waals surface area contributed by atoms with Crippen LogP contribution in [0.25, 0.3) is 0 Å². The van der Waals surface area contributed by atoms with Crippen molar-refractivity contribution in [1.29, 1.82) is 0 Å². The van der Waals surface area contributed by atoms with E-state index in [0.717, 1.165) is 18.4 Å². The minimum Gasteiger partial charge on any atom is -0.433 e. The Morgan fingerprint density at radius 3 is 2.47 bits per heavy atom. The number of fused-ring (bicyclic) bond motifs is 1. The van der Waals surface area contributed by atoms with Crippen molar-refractivity contribution >= 4 is 5.84 Å². The molecule has 1 aliphatic rings. The van der Waals surface area contributed by atoms with Gasteiger partial charge < -0.3 is 4.74 Å². The fourth-order valence-corrected chi connectivity index (χ4v) is 3.32. The van der Waals surface area contributed by atoms with Gasteiger partial charge in [-0.15, -0.1) is 0 Å². The second kappa shape index (κ2) is 8.11. The summed E-state index contributed by atoms with van der Waals surface area (Å²) < 4.78 is 59.0. The summed E-state index contributed by atoms with van der Waals surface area (Å²) in [5.41, 5.74) is 4.66. The summed E-state index contributed by atoms with van der Waals surface area (Å²) in [5, 5.41) is 9.50. The molecule has 0 fully saturated rings. The maximum atomic E-state index is 13.7. The van der Waals surface area contributed by atoms with Gasteiger partial charge >= 0.3 is 0 Å². The molecule has 0 amide bonds. The number of pyridine rings is 1. The van der Waals surface area contributed by atoms with Crippen LogP contribution in [-0.4, -0.2) is 16.0 Å². The zero-order valence-corrected chi connectivity index (χ0v) is 15.4. The number of rotatable bonds is 4. The third-order valence-electron chi connectivity index (χ3n) is 4.78. The maximum absolute atomic E-state index is 13.7. The molecule has 30 heavy (non-hydrogen) atoms. The Morgan fingerprint density at radius 2 is 1.80 bits per heavy atom. The molecule has 0 spiro atoms. The molecule has 1 atom stereocenters. The number of ether oxygens (including phenoxy) is 1. The standard InChI is InChI=1S/C21H15F4N3O2/c22-14-9-15(23)19(25)20(18(14)24)30-17-8-6-12(10-26-17)21(28-29)27-16-7-5-11-3-1-2-4-13(11)16/h1-4,6,8-10,16,29H,5,7H2,(H,27,28). The van der Waals surface area contributed by atoms with E-state index < -0.39 is 29.0 Å². The Hall–Kier alpha value is -3.46. The highest BCUT2D eigenvalue weighted by atomic mass is 19.2. The largest absolute Gasteiger partial charge is 0.433 e. The summed E-state index contributed by atoms with van der Waals surface area (Å²) in [5.74, 6) is -7.90. The van der Waals surface area contributed by atoms with Gasteiger partial charge in [0.1, 0.15) is 0 Å². The van der Waals surface area contributed by atoms with Crippen molar-refractivity contribution in [2.45, 2.75) is 18.9 Å². The molecule has 9 heteroatoms. The molecule has 1 heterocycles. The predicted octanol–water partition coefficient (Wildman–Crippen LogP) is 4.84. The van der Waals surface area contributed by atoms with Gasteiger partial charge in [0, 0.05) is 23.9 Å². The van der Waals surface area contributed by atoms with Crippen molar-refractivity contribution in [3.8, 4) is 11.6 Å². The molecule has 2 N–H and O–H groups in total. The molecule has 0 aliphatic heterocycles. The zero-order valence-electron chi connectivity index (χ0n) is 15.4. The lowest BCUT2D eigenvalue weighted by Crippen LogP contribution is -2.21. The van der Waals surface area contributed by atoms with Gasteiger partial charge in [-0.25, -0.2) is 13.8 Å². The molecule has 2 aromatic carbocycles. The number of hydroxylamine groups is 1. The van der Waals surface area contributed by atoms with Gasteiger partial charge in [0.05, 0.1) is 6.04 Å². The molecule has 0 saturated heterocycles. The summed E-state index contributed by atoms with van der Waals surface area (Å²) >= 11 is 0. The quantitative estimate of drug-likeness (QED) is 0.210. The van der Waals surface area contributed by atoms with Gasteiger partial charge in [0.25, 0.3) is 0 Å². The number of halogens is 4. The first-order valence-electron chi connectivity index (χ1n) is 9.01. The number of aryl methyl sites for hydroxylation is 1. The van der Waals surface area contributed by atoms with Gasteiger partial charge in [-0.3, -0.25) is 15.7 Å². The Morgan fingerprint density at radius 1 is 1.07 bits per heavy atom. The summed E-state index contributed by atoms with van der Waals surface area (Å²) in [6.45, 7) is 0. The fraction of sp³-hybridized carbons (Fsp3) is 0.143. The van der Waals surface area contributed by atoms with E-state index in [1.807, 2.05) is 29.7 Å². The van der Waals surface area contributed by atoms with Crippen LogP contribution in [-0.2, 0) is 6.42 Å². The van der Waals surface area contributed by atoms with Gasteiger partial charge in [-0.05, 0) is 30.0 Å². The van der Waals surface area contributed by atoms with Crippen LogP contribution in [0.4, 0.5) is 17.6 Å². The highest BCUT2D eigenvalue weighted by Crippen LogP contribution is 2.34. The first kappa shape index (κ1) is 19.8. The molecule has 1 aromatic heterocycles. The third-order valence-corrected chi connectivity index (χ3v) is 4.78. The van der Waals surface area contributed by atoms with Gasteiger partial charge in [-0.1, -0.05) is 24.3 Å². The van der Waals surface area contributed by atoms with E-state index in [0.29, 0.717) is 5.56 Å². The summed E-state index contributed by atoms with van der Waals surface area (Å²) in [6.07, 6.45) is 2.89. The van der Waals surface area contributed by atoms with E-state index in [4.69, 9.17) is 4.74 Å². The van der Waals surface area contributed by atoms with E-state index in [2.05, 4.69) is 9.98 Å². The van der Waals surface area contributed by atoms with E-state index in [1.54, 1.807) is 0 Å². The van der Waals surface area contributed by atoms with Gasteiger partial charge in [0.15, 0.2) is 17.5 Å². The van der Waals surface area contributed by atoms with Crippen LogP contribution in [0, 0.1) is 23.3 Å². The molecule has 4 rings (SSSR count). The van der Waals surface area contributed by atoms with Crippen molar-refractivity contribution in [2.24, 2.45) is 4.99 Å². The van der Waals surface area contributed by atoms with Gasteiger partial charge in [-0.2, -0.15) is 8.78 Å². The fourth-order valence-electron chi connectivity index (χ4n) is 3.32. The van der Waals surface area contributed by atoms with Crippen LogP contribution in [0.2, 0.25) is 0 Å². The Kier molecular flexibility index (Phi) is 5.37. The van der Waals surface area contributed by atoms with Crippen LogP contribution in [0.1, 0.15) is 29.2 Å². The number of hydrogen-bond donors (Lipinski definition) is 2. The van der Waals surface area contributed by atoms with Crippen molar-refractivity contribution in [3.63, 3.8) is 0 Å². The number of aromatic nitrogens is 1. The highest BCUT2D eigenvalue weighted by Gasteiger charge is 2.23. The first-order valence-corrected chi connectivity index (χ1v) is 9.01. The Balaban J connectivity index is 1.58. The van der Waals surface area contributed by atoms with Crippen LogP contribution >= 0.6 is 0 Å². The smallest absolute Gasteiger partial charge is 0.219 e. The van der Waals surface area contributed by atoms with E-state index >= 15 is 0 Å². The van der Waals surface area contributed by atoms with E-state index in [1.165, 1.54) is 23.9 Å². The topological polar surface area (TPSA) is 66.7 Å². The minimum absolute atomic E-state index is 0.0882. The van der Waals surface area contributed by atoms with Crippen LogP contribution in [0.15, 0.2) is 53.7 Å². The predicted molar refractivity (Wildman–Crippen MR) is 99.5 cm³/mol. The maximum Gasteiger partial charge on any atom is 0.219 e. The molecule has 5 nitrogen and oxygen atoms in total. The zero-order chi connectivity index (χ0) is 21.3. The van der Waals surface area contributed by atoms with Crippen LogP contribution < -0.4 is 10.2 Å². The second-order valence-electron chi connectivity index (χ2n) is 6.63. The second-order valence-corrected chi connectivity index (χ2v) is 6.63. The average Bonchev–Trinajstić information content (AvgIpc) is 3.17. The number of amidine groups is 1. The molecular formula is C21H15F4N3O2. The van der Waals surface area contributed by atoms with Crippen LogP contribution in [0.3, 0.4) is 0 Å². The molecule has 1 unspecified atom stereocenters. The Labute approximate surface area is 168 Å². The van der Waals surface area contributed by atoms with Crippen molar-refractivity contribution < 1.29 is 27.5 Å². The molecule has 3 aromatic rings. The first-order chi connectivity index (χ1) is 14.5. The minimum atomic E-state index is -1.67. The summed E-state index contributed by atoms with van der Waals surface area (Å²) in [4.78, 5) is 8.40. The van der Waals surface area contributed by atoms with Crippen LogP contribution in [0.5, 0.6) is 11.6 Å². The number of benzene rings is 2. The molecule has 0 radical (unpaired) electrons. The van der Waals surface area contributed by atoms with Crippen molar-refractivity contribution in [1.82, 2.24) is 10.5 Å². The van der Waals surface area contributed by atoms with Gasteiger partial charge in [0.2, 0.25) is 23.3 Å². The van der Waals surface area contributed by atoms with Crippen molar-refractivity contribution in [2.75, 3.05) is 0 Å². The van der Waals surface area contributed by atoms with E-state index in [9.17, 15) is 22.8 Å². The molecule has 1 aliphatic carbocycles. The normalized spacial score (nSPS) is 15.8. The molecular weight excluding hydrogens is 402 g/mol. The monoisotopic (exact) mass is 417 g/mol. The van der Waals surface area contributed by atoms with E-state index in [-0.39, 0.29) is 23.8 Å². The lowest BCUT2D eigenvalue weighted by molar-refractivity contribution is 0.234. The number of aliphatic imine (C=N–C) groups is 1. The number of hydrogen-bond acceptors (Lipinski definition) is 4. The highest BCUT2D eigenvalue weighted by molar-refractivity contribution is 5.97. The lowest BCUT2D eigenvalue weighted by Gasteiger charge is -2.11. The lowest BCUT2D eigenvalue weighted by atomic mass is 10.1. The SMILES string of the molecule is ONC(=NC1CCc2ccccc21)c1ccc(Oc2c(F)c(F)cc(F)c2F)nc1.